The Morgan fingerprint density at radius 1 is 1.17 bits per heavy atom. The van der Waals surface area contributed by atoms with E-state index < -0.39 is 0 Å². The first kappa shape index (κ1) is 22.1. The molecule has 0 amide bonds. The van der Waals surface area contributed by atoms with Gasteiger partial charge in [0.05, 0.1) is 13.7 Å². The highest BCUT2D eigenvalue weighted by molar-refractivity contribution is 5.71. The Hall–Kier alpha value is -2.56. The SMILES string of the molecule is CCOC(=O)COc1ccc([C@@H]2CC[C@H](C[C@H](C)c3ccc(F)c(OC)c3)C2)cc1. The van der Waals surface area contributed by atoms with Gasteiger partial charge in [-0.2, -0.15) is 0 Å². The van der Waals surface area contributed by atoms with Crippen molar-refractivity contribution < 1.29 is 23.4 Å². The Labute approximate surface area is 178 Å². The first-order valence-corrected chi connectivity index (χ1v) is 10.7. The van der Waals surface area contributed by atoms with Crippen molar-refractivity contribution in [1.82, 2.24) is 0 Å². The van der Waals surface area contributed by atoms with E-state index in [1.54, 1.807) is 6.92 Å². The predicted octanol–water partition coefficient (Wildman–Crippen LogP) is 5.85. The standard InChI is InChI=1S/C25H31FO4/c1-4-29-25(27)16-30-22-10-7-19(8-11-22)21-6-5-18(14-21)13-17(2)20-9-12-23(26)24(15-20)28-3/h7-12,15,17-18,21H,4-6,13-14,16H2,1-3H3/t17-,18+,21+/m0/s1. The zero-order valence-electron chi connectivity index (χ0n) is 18.0. The molecule has 0 spiro atoms. The lowest BCUT2D eigenvalue weighted by Gasteiger charge is -2.18. The molecule has 5 heteroatoms. The van der Waals surface area contributed by atoms with Crippen LogP contribution in [0, 0.1) is 11.7 Å². The van der Waals surface area contributed by atoms with E-state index in [1.807, 2.05) is 24.3 Å². The molecule has 3 rings (SSSR count). The van der Waals surface area contributed by atoms with Crippen molar-refractivity contribution in [2.45, 2.75) is 51.4 Å². The lowest BCUT2D eigenvalue weighted by Crippen LogP contribution is -2.14. The summed E-state index contributed by atoms with van der Waals surface area (Å²) in [4.78, 5) is 11.4. The second kappa shape index (κ2) is 10.5. The molecular formula is C25H31FO4. The fraction of sp³-hybridized carbons (Fsp3) is 0.480. The summed E-state index contributed by atoms with van der Waals surface area (Å²) >= 11 is 0. The molecule has 162 valence electrons. The molecule has 0 heterocycles. The van der Waals surface area contributed by atoms with E-state index in [0.717, 1.165) is 18.4 Å². The number of ether oxygens (including phenoxy) is 3. The van der Waals surface area contributed by atoms with Crippen molar-refractivity contribution in [3.8, 4) is 11.5 Å². The summed E-state index contributed by atoms with van der Waals surface area (Å²) in [6.07, 6.45) is 4.62. The summed E-state index contributed by atoms with van der Waals surface area (Å²) in [7, 11) is 1.50. The van der Waals surface area contributed by atoms with Crippen LogP contribution in [0.3, 0.4) is 0 Å². The van der Waals surface area contributed by atoms with Gasteiger partial charge in [0.1, 0.15) is 5.75 Å². The van der Waals surface area contributed by atoms with E-state index in [9.17, 15) is 9.18 Å². The van der Waals surface area contributed by atoms with Crippen LogP contribution in [0.4, 0.5) is 4.39 Å². The molecule has 2 aromatic rings. The molecule has 0 radical (unpaired) electrons. The molecule has 1 aliphatic carbocycles. The molecule has 1 fully saturated rings. The molecule has 0 aliphatic heterocycles. The van der Waals surface area contributed by atoms with Crippen molar-refractivity contribution in [3.05, 3.63) is 59.4 Å². The van der Waals surface area contributed by atoms with Crippen LogP contribution >= 0.6 is 0 Å². The Bertz CT molecular complexity index is 834. The Balaban J connectivity index is 1.52. The van der Waals surface area contributed by atoms with Crippen LogP contribution in [0.15, 0.2) is 42.5 Å². The number of hydrogen-bond donors (Lipinski definition) is 0. The van der Waals surface area contributed by atoms with Gasteiger partial charge < -0.3 is 14.2 Å². The number of esters is 1. The van der Waals surface area contributed by atoms with Crippen molar-refractivity contribution in [2.75, 3.05) is 20.3 Å². The van der Waals surface area contributed by atoms with Gasteiger partial charge >= 0.3 is 5.97 Å². The normalized spacial score (nSPS) is 19.3. The third-order valence-electron chi connectivity index (χ3n) is 5.99. The summed E-state index contributed by atoms with van der Waals surface area (Å²) in [6.45, 7) is 4.27. The van der Waals surface area contributed by atoms with Crippen LogP contribution < -0.4 is 9.47 Å². The molecule has 0 unspecified atom stereocenters. The number of halogens is 1. The van der Waals surface area contributed by atoms with E-state index in [-0.39, 0.29) is 18.4 Å². The summed E-state index contributed by atoms with van der Waals surface area (Å²) in [5, 5.41) is 0. The molecule has 0 saturated heterocycles. The van der Waals surface area contributed by atoms with Gasteiger partial charge in [-0.05, 0) is 85.8 Å². The predicted molar refractivity (Wildman–Crippen MR) is 115 cm³/mol. The maximum absolute atomic E-state index is 13.7. The minimum atomic E-state index is -0.354. The molecule has 0 bridgehead atoms. The van der Waals surface area contributed by atoms with Crippen LogP contribution in [0.25, 0.3) is 0 Å². The van der Waals surface area contributed by atoms with Crippen molar-refractivity contribution in [2.24, 2.45) is 5.92 Å². The second-order valence-corrected chi connectivity index (χ2v) is 8.07. The zero-order chi connectivity index (χ0) is 21.5. The highest BCUT2D eigenvalue weighted by Gasteiger charge is 2.27. The summed E-state index contributed by atoms with van der Waals surface area (Å²) in [5.41, 5.74) is 2.44. The van der Waals surface area contributed by atoms with E-state index in [2.05, 4.69) is 19.1 Å². The van der Waals surface area contributed by atoms with Crippen LogP contribution in [0.5, 0.6) is 11.5 Å². The molecule has 4 nitrogen and oxygen atoms in total. The van der Waals surface area contributed by atoms with Gasteiger partial charge in [0.25, 0.3) is 0 Å². The minimum Gasteiger partial charge on any atom is -0.494 e. The summed E-state index contributed by atoms with van der Waals surface area (Å²) in [5.74, 6) is 1.89. The molecule has 1 aliphatic rings. The van der Waals surface area contributed by atoms with Crippen LogP contribution in [0.1, 0.15) is 62.5 Å². The van der Waals surface area contributed by atoms with Gasteiger partial charge in [-0.1, -0.05) is 25.1 Å². The number of carbonyl (C=O) groups excluding carboxylic acids is 1. The minimum absolute atomic E-state index is 0.0647. The topological polar surface area (TPSA) is 44.8 Å². The van der Waals surface area contributed by atoms with Gasteiger partial charge in [0, 0.05) is 0 Å². The fourth-order valence-corrected chi connectivity index (χ4v) is 4.39. The highest BCUT2D eigenvalue weighted by atomic mass is 19.1. The first-order chi connectivity index (χ1) is 14.5. The molecule has 2 aromatic carbocycles. The lowest BCUT2D eigenvalue weighted by atomic mass is 9.88. The average Bonchev–Trinajstić information content (AvgIpc) is 3.21. The van der Waals surface area contributed by atoms with Crippen LogP contribution in [-0.4, -0.2) is 26.3 Å². The third-order valence-corrected chi connectivity index (χ3v) is 5.99. The number of benzene rings is 2. The highest BCUT2D eigenvalue weighted by Crippen LogP contribution is 2.43. The average molecular weight is 415 g/mol. The number of carbonyl (C=O) groups is 1. The monoisotopic (exact) mass is 414 g/mol. The number of rotatable bonds is 9. The Morgan fingerprint density at radius 2 is 1.93 bits per heavy atom. The molecule has 30 heavy (non-hydrogen) atoms. The molecular weight excluding hydrogens is 383 g/mol. The van der Waals surface area contributed by atoms with Gasteiger partial charge in [0.2, 0.25) is 0 Å². The second-order valence-electron chi connectivity index (χ2n) is 8.07. The van der Waals surface area contributed by atoms with Crippen LogP contribution in [0.2, 0.25) is 0 Å². The maximum Gasteiger partial charge on any atom is 0.344 e. The molecule has 1 saturated carbocycles. The quantitative estimate of drug-likeness (QED) is 0.483. The van der Waals surface area contributed by atoms with E-state index >= 15 is 0 Å². The lowest BCUT2D eigenvalue weighted by molar-refractivity contribution is -0.145. The van der Waals surface area contributed by atoms with E-state index in [4.69, 9.17) is 14.2 Å². The summed E-state index contributed by atoms with van der Waals surface area (Å²) in [6, 6.07) is 13.2. The van der Waals surface area contributed by atoms with Gasteiger partial charge in [0.15, 0.2) is 18.2 Å². The Kier molecular flexibility index (Phi) is 7.72. The Morgan fingerprint density at radius 3 is 2.63 bits per heavy atom. The van der Waals surface area contributed by atoms with E-state index in [0.29, 0.717) is 35.9 Å². The maximum atomic E-state index is 13.7. The number of hydrogen-bond acceptors (Lipinski definition) is 4. The summed E-state index contributed by atoms with van der Waals surface area (Å²) < 4.78 is 29.1. The molecule has 0 N–H and O–H groups in total. The van der Waals surface area contributed by atoms with E-state index in [1.165, 1.54) is 31.6 Å². The van der Waals surface area contributed by atoms with Crippen molar-refractivity contribution in [1.29, 1.82) is 0 Å². The first-order valence-electron chi connectivity index (χ1n) is 10.7. The zero-order valence-corrected chi connectivity index (χ0v) is 18.0. The number of methoxy groups -OCH3 is 1. The fourth-order valence-electron chi connectivity index (χ4n) is 4.39. The molecule has 3 atom stereocenters. The largest absolute Gasteiger partial charge is 0.494 e. The van der Waals surface area contributed by atoms with Gasteiger partial charge in [-0.3, -0.25) is 0 Å². The van der Waals surface area contributed by atoms with Gasteiger partial charge in [-0.15, -0.1) is 0 Å². The third kappa shape index (κ3) is 5.74. The van der Waals surface area contributed by atoms with Crippen molar-refractivity contribution >= 4 is 5.97 Å². The van der Waals surface area contributed by atoms with Gasteiger partial charge in [-0.25, -0.2) is 9.18 Å². The molecule has 0 aromatic heterocycles. The smallest absolute Gasteiger partial charge is 0.344 e. The van der Waals surface area contributed by atoms with Crippen LogP contribution in [-0.2, 0) is 9.53 Å². The van der Waals surface area contributed by atoms with Crippen molar-refractivity contribution in [3.63, 3.8) is 0 Å².